The highest BCUT2D eigenvalue weighted by Crippen LogP contribution is 2.43. The number of benzene rings is 1. The molecular formula is C18H28N2. The largest absolute Gasteiger partial charge is 0.370 e. The molecule has 0 amide bonds. The van der Waals surface area contributed by atoms with Gasteiger partial charge >= 0.3 is 0 Å². The Bertz CT molecular complexity index is 452. The van der Waals surface area contributed by atoms with E-state index in [1.807, 2.05) is 0 Å². The molecule has 0 unspecified atom stereocenters. The van der Waals surface area contributed by atoms with Gasteiger partial charge in [0.25, 0.3) is 0 Å². The lowest BCUT2D eigenvalue weighted by atomic mass is 9.72. The molecule has 2 heteroatoms. The van der Waals surface area contributed by atoms with E-state index < -0.39 is 0 Å². The molecule has 0 bridgehead atoms. The molecule has 0 aliphatic carbocycles. The molecule has 0 atom stereocenters. The van der Waals surface area contributed by atoms with Crippen LogP contribution in [0.5, 0.6) is 0 Å². The summed E-state index contributed by atoms with van der Waals surface area (Å²) in [7, 11) is 0. The summed E-state index contributed by atoms with van der Waals surface area (Å²) in [6.07, 6.45) is 6.62. The molecule has 2 aliphatic heterocycles. The lowest BCUT2D eigenvalue weighted by Gasteiger charge is -2.53. The molecule has 110 valence electrons. The Morgan fingerprint density at radius 3 is 2.60 bits per heavy atom. The van der Waals surface area contributed by atoms with E-state index in [0.29, 0.717) is 5.41 Å². The minimum Gasteiger partial charge on any atom is -0.370 e. The van der Waals surface area contributed by atoms with E-state index in [2.05, 4.69) is 42.3 Å². The van der Waals surface area contributed by atoms with Gasteiger partial charge in [0.05, 0.1) is 0 Å². The predicted molar refractivity (Wildman–Crippen MR) is 86.3 cm³/mol. The average molecular weight is 272 g/mol. The van der Waals surface area contributed by atoms with Gasteiger partial charge in [-0.25, -0.2) is 0 Å². The first-order valence-electron chi connectivity index (χ1n) is 8.34. The number of fused-ring (bicyclic) bond motifs is 1. The molecule has 1 saturated heterocycles. The second-order valence-electron chi connectivity index (χ2n) is 6.70. The van der Waals surface area contributed by atoms with Crippen LogP contribution in [0.25, 0.3) is 0 Å². The van der Waals surface area contributed by atoms with E-state index in [1.54, 1.807) is 11.1 Å². The number of anilines is 1. The Kier molecular flexibility index (Phi) is 4.02. The second-order valence-corrected chi connectivity index (χ2v) is 6.70. The predicted octanol–water partition coefficient (Wildman–Crippen LogP) is 3.74. The van der Waals surface area contributed by atoms with E-state index in [9.17, 15) is 0 Å². The van der Waals surface area contributed by atoms with Crippen molar-refractivity contribution in [3.8, 4) is 0 Å². The van der Waals surface area contributed by atoms with E-state index >= 15 is 0 Å². The molecule has 2 aliphatic rings. The highest BCUT2D eigenvalue weighted by atomic mass is 15.2. The van der Waals surface area contributed by atoms with Crippen molar-refractivity contribution in [2.45, 2.75) is 52.5 Å². The van der Waals surface area contributed by atoms with E-state index in [-0.39, 0.29) is 0 Å². The van der Waals surface area contributed by atoms with Crippen LogP contribution in [-0.2, 0) is 13.0 Å². The molecule has 0 radical (unpaired) electrons. The molecule has 2 nitrogen and oxygen atoms in total. The Balaban J connectivity index is 1.76. The highest BCUT2D eigenvalue weighted by molar-refractivity contribution is 5.59. The third kappa shape index (κ3) is 2.46. The maximum absolute atomic E-state index is 3.53. The molecule has 1 aromatic rings. The van der Waals surface area contributed by atoms with Gasteiger partial charge < -0.3 is 10.2 Å². The van der Waals surface area contributed by atoms with Crippen LogP contribution >= 0.6 is 0 Å². The zero-order valence-corrected chi connectivity index (χ0v) is 13.0. The number of nitrogens with one attached hydrogen (secondary N) is 1. The summed E-state index contributed by atoms with van der Waals surface area (Å²) >= 11 is 0. The molecule has 20 heavy (non-hydrogen) atoms. The van der Waals surface area contributed by atoms with Crippen LogP contribution in [0.2, 0.25) is 0 Å². The molecule has 0 aromatic heterocycles. The van der Waals surface area contributed by atoms with Crippen LogP contribution in [0.15, 0.2) is 18.2 Å². The molecule has 3 rings (SSSR count). The lowest BCUT2D eigenvalue weighted by molar-refractivity contribution is 0.173. The molecule has 1 fully saturated rings. The van der Waals surface area contributed by atoms with Gasteiger partial charge in [0.1, 0.15) is 0 Å². The van der Waals surface area contributed by atoms with Crippen molar-refractivity contribution < 1.29 is 0 Å². The van der Waals surface area contributed by atoms with Crippen molar-refractivity contribution >= 4 is 5.69 Å². The SMILES string of the molecule is CCCC1(CCC)CN(c2cccc3c2CNCC3)C1. The molecule has 1 N–H and O–H groups in total. The van der Waals surface area contributed by atoms with Crippen LogP contribution in [-0.4, -0.2) is 19.6 Å². The van der Waals surface area contributed by atoms with Gasteiger partial charge in [0.2, 0.25) is 0 Å². The summed E-state index contributed by atoms with van der Waals surface area (Å²) in [6.45, 7) is 9.38. The number of hydrogen-bond donors (Lipinski definition) is 1. The Morgan fingerprint density at radius 1 is 1.15 bits per heavy atom. The third-order valence-corrected chi connectivity index (χ3v) is 5.08. The smallest absolute Gasteiger partial charge is 0.0415 e. The van der Waals surface area contributed by atoms with E-state index in [0.717, 1.165) is 13.1 Å². The summed E-state index contributed by atoms with van der Waals surface area (Å²) in [4.78, 5) is 2.62. The van der Waals surface area contributed by atoms with Gasteiger partial charge in [-0.3, -0.25) is 0 Å². The third-order valence-electron chi connectivity index (χ3n) is 5.08. The van der Waals surface area contributed by atoms with Gasteiger partial charge in [0.15, 0.2) is 0 Å². The summed E-state index contributed by atoms with van der Waals surface area (Å²) in [5.41, 5.74) is 5.22. The summed E-state index contributed by atoms with van der Waals surface area (Å²) < 4.78 is 0. The number of rotatable bonds is 5. The molecule has 2 heterocycles. The Labute approximate surface area is 123 Å². The fourth-order valence-electron chi connectivity index (χ4n) is 4.23. The summed E-state index contributed by atoms with van der Waals surface area (Å²) in [6, 6.07) is 6.89. The fourth-order valence-corrected chi connectivity index (χ4v) is 4.23. The van der Waals surface area contributed by atoms with Gasteiger partial charge in [-0.15, -0.1) is 0 Å². The normalized spacial score (nSPS) is 20.4. The van der Waals surface area contributed by atoms with Gasteiger partial charge in [0, 0.05) is 30.7 Å². The first-order valence-corrected chi connectivity index (χ1v) is 8.34. The molecule has 0 spiro atoms. The van der Waals surface area contributed by atoms with Crippen molar-refractivity contribution in [2.24, 2.45) is 5.41 Å². The topological polar surface area (TPSA) is 15.3 Å². The summed E-state index contributed by atoms with van der Waals surface area (Å²) in [5.74, 6) is 0. The van der Waals surface area contributed by atoms with E-state index in [4.69, 9.17) is 0 Å². The lowest BCUT2D eigenvalue weighted by Crippen LogP contribution is -2.56. The maximum Gasteiger partial charge on any atom is 0.0415 e. The van der Waals surface area contributed by atoms with E-state index in [1.165, 1.54) is 50.9 Å². The Morgan fingerprint density at radius 2 is 1.90 bits per heavy atom. The van der Waals surface area contributed by atoms with Gasteiger partial charge in [-0.2, -0.15) is 0 Å². The minimum absolute atomic E-state index is 0.605. The zero-order valence-electron chi connectivity index (χ0n) is 13.0. The van der Waals surface area contributed by atoms with Crippen LogP contribution in [0, 0.1) is 5.41 Å². The molecular weight excluding hydrogens is 244 g/mol. The number of hydrogen-bond acceptors (Lipinski definition) is 2. The van der Waals surface area contributed by atoms with Crippen molar-refractivity contribution in [1.29, 1.82) is 0 Å². The second kappa shape index (κ2) is 5.77. The molecule has 0 saturated carbocycles. The van der Waals surface area contributed by atoms with Crippen LogP contribution < -0.4 is 10.2 Å². The van der Waals surface area contributed by atoms with Gasteiger partial charge in [-0.05, 0) is 43.0 Å². The first kappa shape index (κ1) is 13.9. The van der Waals surface area contributed by atoms with Crippen LogP contribution in [0.4, 0.5) is 5.69 Å². The van der Waals surface area contributed by atoms with Crippen molar-refractivity contribution in [2.75, 3.05) is 24.5 Å². The molecule has 1 aromatic carbocycles. The average Bonchev–Trinajstić information content (AvgIpc) is 2.44. The minimum atomic E-state index is 0.605. The van der Waals surface area contributed by atoms with Crippen molar-refractivity contribution in [3.63, 3.8) is 0 Å². The fraction of sp³-hybridized carbons (Fsp3) is 0.667. The monoisotopic (exact) mass is 272 g/mol. The van der Waals surface area contributed by atoms with Crippen molar-refractivity contribution in [3.05, 3.63) is 29.3 Å². The maximum atomic E-state index is 3.53. The Hall–Kier alpha value is -1.02. The quantitative estimate of drug-likeness (QED) is 0.878. The van der Waals surface area contributed by atoms with Crippen molar-refractivity contribution in [1.82, 2.24) is 5.32 Å². The van der Waals surface area contributed by atoms with Gasteiger partial charge in [-0.1, -0.05) is 38.8 Å². The summed E-state index contributed by atoms with van der Waals surface area (Å²) in [5, 5.41) is 3.53. The standard InChI is InChI=1S/C18H28N2/c1-3-9-18(10-4-2)13-20(14-18)17-7-5-6-15-8-11-19-12-16(15)17/h5-7,19H,3-4,8-14H2,1-2H3. The van der Waals surface area contributed by atoms with Crippen LogP contribution in [0.3, 0.4) is 0 Å². The van der Waals surface area contributed by atoms with Crippen LogP contribution in [0.1, 0.15) is 50.7 Å². The zero-order chi connectivity index (χ0) is 14.0. The number of nitrogens with zero attached hydrogens (tertiary/aromatic N) is 1. The first-order chi connectivity index (χ1) is 9.78. The highest BCUT2D eigenvalue weighted by Gasteiger charge is 2.41.